The fourth-order valence-electron chi connectivity index (χ4n) is 2.02. The van der Waals surface area contributed by atoms with Crippen molar-refractivity contribution in [2.75, 3.05) is 13.7 Å². The molecule has 1 rings (SSSR count). The lowest BCUT2D eigenvalue weighted by Gasteiger charge is -2.21. The van der Waals surface area contributed by atoms with E-state index in [1.54, 1.807) is 0 Å². The van der Waals surface area contributed by atoms with Crippen LogP contribution >= 0.6 is 0 Å². The lowest BCUT2D eigenvalue weighted by atomic mass is 10.0. The van der Waals surface area contributed by atoms with E-state index in [2.05, 4.69) is 17.6 Å². The lowest BCUT2D eigenvalue weighted by molar-refractivity contribution is -0.144. The van der Waals surface area contributed by atoms with Gasteiger partial charge in [-0.15, -0.1) is 0 Å². The average Bonchev–Trinajstić information content (AvgIpc) is 2.46. The second-order valence-electron chi connectivity index (χ2n) is 4.56. The number of esters is 1. The Balaban J connectivity index is 2.65. The zero-order valence-electron chi connectivity index (χ0n) is 12.2. The molecule has 2 N–H and O–H groups in total. The number of methoxy groups -OCH3 is 1. The van der Waals surface area contributed by atoms with Gasteiger partial charge in [0.2, 0.25) is 5.91 Å². The molecule has 0 fully saturated rings. The third kappa shape index (κ3) is 5.01. The van der Waals surface area contributed by atoms with E-state index in [0.29, 0.717) is 6.54 Å². The molecule has 0 heterocycles. The number of ether oxygens (including phenoxy) is 1. The van der Waals surface area contributed by atoms with Crippen LogP contribution in [-0.2, 0) is 14.3 Å². The molecule has 0 saturated carbocycles. The molecule has 0 spiro atoms. The number of hydrogen-bond donors (Lipinski definition) is 2. The molecule has 1 aromatic rings. The molecule has 0 aliphatic carbocycles. The molecule has 0 aliphatic rings. The van der Waals surface area contributed by atoms with Crippen molar-refractivity contribution in [2.24, 2.45) is 0 Å². The molecule has 0 bridgehead atoms. The summed E-state index contributed by atoms with van der Waals surface area (Å²) in [6.45, 7) is 3.78. The third-order valence-corrected chi connectivity index (χ3v) is 3.04. The highest BCUT2D eigenvalue weighted by Crippen LogP contribution is 2.15. The summed E-state index contributed by atoms with van der Waals surface area (Å²) in [6, 6.07) is 9.45. The Morgan fingerprint density at radius 1 is 1.25 bits per heavy atom. The van der Waals surface area contributed by atoms with Gasteiger partial charge in [0, 0.05) is 19.5 Å². The predicted molar refractivity (Wildman–Crippen MR) is 77.1 cm³/mol. The molecule has 0 saturated heterocycles. The number of rotatable bonds is 7. The molecule has 5 nitrogen and oxygen atoms in total. The van der Waals surface area contributed by atoms with Crippen molar-refractivity contribution in [3.05, 3.63) is 35.9 Å². The second-order valence-corrected chi connectivity index (χ2v) is 4.56. The Morgan fingerprint density at radius 3 is 2.40 bits per heavy atom. The van der Waals surface area contributed by atoms with Gasteiger partial charge in [-0.2, -0.15) is 0 Å². The molecule has 0 radical (unpaired) electrons. The van der Waals surface area contributed by atoms with Gasteiger partial charge in [0.1, 0.15) is 6.04 Å². The van der Waals surface area contributed by atoms with Gasteiger partial charge in [0.25, 0.3) is 0 Å². The molecule has 5 heteroatoms. The molecule has 2 unspecified atom stereocenters. The van der Waals surface area contributed by atoms with E-state index < -0.39 is 12.0 Å². The van der Waals surface area contributed by atoms with Gasteiger partial charge in [0.05, 0.1) is 7.11 Å². The van der Waals surface area contributed by atoms with Gasteiger partial charge in [0.15, 0.2) is 0 Å². The third-order valence-electron chi connectivity index (χ3n) is 3.04. The van der Waals surface area contributed by atoms with Gasteiger partial charge in [-0.3, -0.25) is 4.79 Å². The second kappa shape index (κ2) is 8.32. The monoisotopic (exact) mass is 278 g/mol. The maximum absolute atomic E-state index is 11.6. The normalized spacial score (nSPS) is 13.3. The Kier molecular flexibility index (Phi) is 6.73. The van der Waals surface area contributed by atoms with Crippen molar-refractivity contribution in [3.63, 3.8) is 0 Å². The van der Waals surface area contributed by atoms with Crippen LogP contribution in [0.25, 0.3) is 0 Å². The maximum Gasteiger partial charge on any atom is 0.329 e. The first kappa shape index (κ1) is 16.2. The topological polar surface area (TPSA) is 67.4 Å². The summed E-state index contributed by atoms with van der Waals surface area (Å²) in [4.78, 5) is 22.7. The van der Waals surface area contributed by atoms with E-state index in [1.807, 2.05) is 30.3 Å². The molecule has 110 valence electrons. The van der Waals surface area contributed by atoms with E-state index in [4.69, 9.17) is 4.74 Å². The van der Waals surface area contributed by atoms with E-state index in [-0.39, 0.29) is 11.9 Å². The molecule has 1 aromatic carbocycles. The first-order chi connectivity index (χ1) is 9.58. The van der Waals surface area contributed by atoms with Crippen LogP contribution in [0.2, 0.25) is 0 Å². The summed E-state index contributed by atoms with van der Waals surface area (Å²) < 4.78 is 4.69. The number of nitrogens with one attached hydrogen (secondary N) is 2. The van der Waals surface area contributed by atoms with E-state index >= 15 is 0 Å². The van der Waals surface area contributed by atoms with Crippen LogP contribution in [0.1, 0.15) is 31.9 Å². The fraction of sp³-hybridized carbons (Fsp3) is 0.467. The van der Waals surface area contributed by atoms with Crippen molar-refractivity contribution >= 4 is 11.9 Å². The number of amides is 1. The van der Waals surface area contributed by atoms with Crippen LogP contribution in [0.5, 0.6) is 0 Å². The smallest absolute Gasteiger partial charge is 0.329 e. The maximum atomic E-state index is 11.6. The van der Waals surface area contributed by atoms with E-state index in [9.17, 15) is 9.59 Å². The van der Waals surface area contributed by atoms with Gasteiger partial charge in [-0.25, -0.2) is 4.79 Å². The van der Waals surface area contributed by atoms with Crippen LogP contribution in [0.3, 0.4) is 0 Å². The highest BCUT2D eigenvalue weighted by Gasteiger charge is 2.21. The standard InChI is InChI=1S/C15H22N2O3/c1-4-13(12-8-6-5-7-9-12)16-10-14(15(19)20-3)17-11(2)18/h5-9,13-14,16H,4,10H2,1-3H3,(H,17,18). The highest BCUT2D eigenvalue weighted by molar-refractivity contribution is 5.83. The van der Waals surface area contributed by atoms with E-state index in [1.165, 1.54) is 14.0 Å². The van der Waals surface area contributed by atoms with Crippen molar-refractivity contribution < 1.29 is 14.3 Å². The predicted octanol–water partition coefficient (Wildman–Crippen LogP) is 1.40. The van der Waals surface area contributed by atoms with Crippen molar-refractivity contribution in [1.82, 2.24) is 10.6 Å². The summed E-state index contributed by atoms with van der Waals surface area (Å²) in [5.74, 6) is -0.703. The quantitative estimate of drug-likeness (QED) is 0.740. The van der Waals surface area contributed by atoms with Crippen LogP contribution in [0.4, 0.5) is 0 Å². The Bertz CT molecular complexity index is 434. The van der Waals surface area contributed by atoms with Crippen LogP contribution in [-0.4, -0.2) is 31.6 Å². The molecule has 1 amide bonds. The number of hydrogen-bond acceptors (Lipinski definition) is 4. The molecule has 0 aromatic heterocycles. The molecular formula is C15H22N2O3. The molecular weight excluding hydrogens is 256 g/mol. The minimum absolute atomic E-state index is 0.136. The zero-order valence-corrected chi connectivity index (χ0v) is 12.2. The summed E-state index contributed by atoms with van der Waals surface area (Å²) in [5, 5.41) is 5.88. The first-order valence-electron chi connectivity index (χ1n) is 6.71. The van der Waals surface area contributed by atoms with Gasteiger partial charge in [-0.05, 0) is 12.0 Å². The van der Waals surface area contributed by atoms with Gasteiger partial charge >= 0.3 is 5.97 Å². The summed E-state index contributed by atoms with van der Waals surface area (Å²) in [6.07, 6.45) is 0.887. The Hall–Kier alpha value is -1.88. The van der Waals surface area contributed by atoms with E-state index in [0.717, 1.165) is 12.0 Å². The van der Waals surface area contributed by atoms with Crippen LogP contribution in [0.15, 0.2) is 30.3 Å². The first-order valence-corrected chi connectivity index (χ1v) is 6.71. The van der Waals surface area contributed by atoms with Gasteiger partial charge in [-0.1, -0.05) is 37.3 Å². The summed E-state index contributed by atoms with van der Waals surface area (Å²) >= 11 is 0. The molecule has 2 atom stereocenters. The van der Waals surface area contributed by atoms with Crippen LogP contribution in [0, 0.1) is 0 Å². The largest absolute Gasteiger partial charge is 0.467 e. The van der Waals surface area contributed by atoms with Crippen molar-refractivity contribution in [2.45, 2.75) is 32.4 Å². The van der Waals surface area contributed by atoms with Crippen molar-refractivity contribution in [1.29, 1.82) is 0 Å². The fourth-order valence-corrected chi connectivity index (χ4v) is 2.02. The Morgan fingerprint density at radius 2 is 1.90 bits per heavy atom. The molecule has 20 heavy (non-hydrogen) atoms. The average molecular weight is 278 g/mol. The summed E-state index contributed by atoms with van der Waals surface area (Å²) in [7, 11) is 1.31. The number of benzene rings is 1. The van der Waals surface area contributed by atoms with Crippen molar-refractivity contribution in [3.8, 4) is 0 Å². The lowest BCUT2D eigenvalue weighted by Crippen LogP contribution is -2.47. The zero-order chi connectivity index (χ0) is 15.0. The minimum Gasteiger partial charge on any atom is -0.467 e. The SMILES string of the molecule is CCC(NCC(NC(C)=O)C(=O)OC)c1ccccc1. The van der Waals surface area contributed by atoms with Crippen LogP contribution < -0.4 is 10.6 Å². The minimum atomic E-state index is -0.671. The summed E-state index contributed by atoms with van der Waals surface area (Å²) in [5.41, 5.74) is 1.15. The molecule has 0 aliphatic heterocycles. The number of carbonyl (C=O) groups is 2. The Labute approximate surface area is 119 Å². The number of carbonyl (C=O) groups excluding carboxylic acids is 2. The van der Waals surface area contributed by atoms with Gasteiger partial charge < -0.3 is 15.4 Å². The highest BCUT2D eigenvalue weighted by atomic mass is 16.5.